The fourth-order valence-electron chi connectivity index (χ4n) is 1.19. The van der Waals surface area contributed by atoms with Crippen LogP contribution in [-0.4, -0.2) is 16.2 Å². The number of hydrogen-bond donors (Lipinski definition) is 1. The summed E-state index contributed by atoms with van der Waals surface area (Å²) in [7, 11) is 0. The van der Waals surface area contributed by atoms with Crippen LogP contribution < -0.4 is 0 Å². The minimum absolute atomic E-state index is 0.236. The van der Waals surface area contributed by atoms with Crippen molar-refractivity contribution < 1.29 is 10.0 Å². The van der Waals surface area contributed by atoms with Crippen LogP contribution in [0, 0.1) is 12.3 Å². The average Bonchev–Trinajstić information content (AvgIpc) is 2.63. The summed E-state index contributed by atoms with van der Waals surface area (Å²) in [5, 5.41) is 12.4. The van der Waals surface area contributed by atoms with E-state index in [0.717, 1.165) is 15.5 Å². The Kier molecular flexibility index (Phi) is 3.88. The van der Waals surface area contributed by atoms with Crippen molar-refractivity contribution in [2.24, 2.45) is 5.41 Å². The highest BCUT2D eigenvalue weighted by Gasteiger charge is 2.28. The number of nitrogens with zero attached hydrogens (tertiary/aromatic N) is 1. The SMILES string of the molecule is C=CC(C)(C)C(=O)N(O)Cc1sccc1C. The maximum atomic E-state index is 11.8. The van der Waals surface area contributed by atoms with E-state index in [0.29, 0.717) is 0 Å². The number of hydroxylamine groups is 2. The molecule has 0 atom stereocenters. The van der Waals surface area contributed by atoms with Crippen LogP contribution in [0.4, 0.5) is 0 Å². The lowest BCUT2D eigenvalue weighted by Gasteiger charge is -2.24. The molecule has 0 aliphatic carbocycles. The Labute approximate surface area is 100.0 Å². The molecule has 0 saturated carbocycles. The molecule has 0 saturated heterocycles. The first-order chi connectivity index (χ1) is 7.38. The highest BCUT2D eigenvalue weighted by atomic mass is 32.1. The van der Waals surface area contributed by atoms with Crippen LogP contribution in [0.25, 0.3) is 0 Å². The van der Waals surface area contributed by atoms with Crippen molar-refractivity contribution in [3.8, 4) is 0 Å². The van der Waals surface area contributed by atoms with Gasteiger partial charge in [-0.2, -0.15) is 0 Å². The highest BCUT2D eigenvalue weighted by molar-refractivity contribution is 7.10. The molecule has 1 amide bonds. The Morgan fingerprint density at radius 3 is 2.75 bits per heavy atom. The van der Waals surface area contributed by atoms with E-state index >= 15 is 0 Å². The monoisotopic (exact) mass is 239 g/mol. The molecule has 1 rings (SSSR count). The van der Waals surface area contributed by atoms with Gasteiger partial charge in [0.2, 0.25) is 0 Å². The zero-order chi connectivity index (χ0) is 12.3. The average molecular weight is 239 g/mol. The van der Waals surface area contributed by atoms with Gasteiger partial charge in [-0.25, -0.2) is 5.06 Å². The molecule has 1 heterocycles. The van der Waals surface area contributed by atoms with Crippen molar-refractivity contribution in [3.63, 3.8) is 0 Å². The minimum Gasteiger partial charge on any atom is -0.286 e. The zero-order valence-corrected chi connectivity index (χ0v) is 10.7. The third-order valence-corrected chi connectivity index (χ3v) is 3.57. The van der Waals surface area contributed by atoms with Crippen molar-refractivity contribution in [3.05, 3.63) is 34.5 Å². The van der Waals surface area contributed by atoms with Crippen LogP contribution in [0.15, 0.2) is 24.1 Å². The van der Waals surface area contributed by atoms with Gasteiger partial charge in [-0.15, -0.1) is 17.9 Å². The van der Waals surface area contributed by atoms with Crippen molar-refractivity contribution in [1.82, 2.24) is 5.06 Å². The largest absolute Gasteiger partial charge is 0.286 e. The molecule has 0 aromatic carbocycles. The zero-order valence-electron chi connectivity index (χ0n) is 9.86. The molecular weight excluding hydrogens is 222 g/mol. The summed E-state index contributed by atoms with van der Waals surface area (Å²) in [5.41, 5.74) is 0.355. The van der Waals surface area contributed by atoms with Crippen molar-refractivity contribution in [2.75, 3.05) is 0 Å². The third kappa shape index (κ3) is 2.71. The van der Waals surface area contributed by atoms with Crippen LogP contribution in [0.5, 0.6) is 0 Å². The first-order valence-electron chi connectivity index (χ1n) is 5.06. The van der Waals surface area contributed by atoms with Gasteiger partial charge in [-0.1, -0.05) is 6.08 Å². The predicted molar refractivity (Wildman–Crippen MR) is 65.4 cm³/mol. The molecule has 0 spiro atoms. The van der Waals surface area contributed by atoms with Crippen LogP contribution in [0.3, 0.4) is 0 Å². The Balaban J connectivity index is 2.73. The molecule has 88 valence electrons. The van der Waals surface area contributed by atoms with Crippen molar-refractivity contribution in [2.45, 2.75) is 27.3 Å². The van der Waals surface area contributed by atoms with E-state index in [1.165, 1.54) is 11.3 Å². The van der Waals surface area contributed by atoms with E-state index in [1.54, 1.807) is 19.9 Å². The van der Waals surface area contributed by atoms with Gasteiger partial charge in [0.05, 0.1) is 12.0 Å². The van der Waals surface area contributed by atoms with E-state index in [2.05, 4.69) is 6.58 Å². The Morgan fingerprint density at radius 1 is 1.69 bits per heavy atom. The molecule has 16 heavy (non-hydrogen) atoms. The molecule has 3 nitrogen and oxygen atoms in total. The Bertz CT molecular complexity index is 395. The summed E-state index contributed by atoms with van der Waals surface area (Å²) in [6, 6.07) is 1.97. The fraction of sp³-hybridized carbons (Fsp3) is 0.417. The van der Waals surface area contributed by atoms with E-state index in [-0.39, 0.29) is 12.5 Å². The topological polar surface area (TPSA) is 40.5 Å². The van der Waals surface area contributed by atoms with Crippen LogP contribution >= 0.6 is 11.3 Å². The third-order valence-electron chi connectivity index (χ3n) is 2.56. The van der Waals surface area contributed by atoms with Crippen LogP contribution in [0.2, 0.25) is 0 Å². The Hall–Kier alpha value is -1.13. The molecule has 0 aliphatic rings. The second kappa shape index (κ2) is 4.80. The number of aryl methyl sites for hydroxylation is 1. The van der Waals surface area contributed by atoms with E-state index in [1.807, 2.05) is 18.4 Å². The molecular formula is C12H17NO2S. The van der Waals surface area contributed by atoms with Gasteiger partial charge >= 0.3 is 0 Å². The summed E-state index contributed by atoms with van der Waals surface area (Å²) >= 11 is 1.53. The summed E-state index contributed by atoms with van der Waals surface area (Å²) in [5.74, 6) is -0.338. The number of rotatable bonds is 4. The predicted octanol–water partition coefficient (Wildman–Crippen LogP) is 2.99. The molecule has 1 N–H and O–H groups in total. The lowest BCUT2D eigenvalue weighted by Crippen LogP contribution is -2.37. The van der Waals surface area contributed by atoms with Gasteiger partial charge in [0.25, 0.3) is 5.91 Å². The van der Waals surface area contributed by atoms with Gasteiger partial charge in [0, 0.05) is 4.88 Å². The quantitative estimate of drug-likeness (QED) is 0.498. The van der Waals surface area contributed by atoms with Gasteiger partial charge < -0.3 is 0 Å². The Morgan fingerprint density at radius 2 is 2.31 bits per heavy atom. The smallest absolute Gasteiger partial charge is 0.255 e. The minimum atomic E-state index is -0.736. The molecule has 0 radical (unpaired) electrons. The number of hydrogen-bond acceptors (Lipinski definition) is 3. The number of carbonyl (C=O) groups is 1. The molecule has 0 fully saturated rings. The van der Waals surface area contributed by atoms with Crippen molar-refractivity contribution in [1.29, 1.82) is 0 Å². The van der Waals surface area contributed by atoms with E-state index in [9.17, 15) is 10.0 Å². The fourth-order valence-corrected chi connectivity index (χ4v) is 2.08. The van der Waals surface area contributed by atoms with E-state index < -0.39 is 5.41 Å². The summed E-state index contributed by atoms with van der Waals surface area (Å²) in [6.07, 6.45) is 1.54. The molecule has 0 unspecified atom stereocenters. The molecule has 1 aromatic heterocycles. The maximum Gasteiger partial charge on any atom is 0.255 e. The summed E-state index contributed by atoms with van der Waals surface area (Å²) in [4.78, 5) is 12.8. The van der Waals surface area contributed by atoms with Crippen LogP contribution in [0.1, 0.15) is 24.3 Å². The number of amides is 1. The molecule has 0 bridgehead atoms. The number of carbonyl (C=O) groups excluding carboxylic acids is 1. The number of thiophene rings is 1. The van der Waals surface area contributed by atoms with Crippen LogP contribution in [-0.2, 0) is 11.3 Å². The second-order valence-electron chi connectivity index (χ2n) is 4.32. The van der Waals surface area contributed by atoms with E-state index in [4.69, 9.17) is 0 Å². The normalized spacial score (nSPS) is 11.2. The lowest BCUT2D eigenvalue weighted by atomic mass is 9.92. The van der Waals surface area contributed by atoms with Gasteiger partial charge in [-0.05, 0) is 37.8 Å². The first-order valence-corrected chi connectivity index (χ1v) is 5.94. The second-order valence-corrected chi connectivity index (χ2v) is 5.32. The molecule has 1 aromatic rings. The first kappa shape index (κ1) is 12.9. The molecule has 4 heteroatoms. The van der Waals surface area contributed by atoms with Crippen molar-refractivity contribution >= 4 is 17.2 Å². The van der Waals surface area contributed by atoms with Gasteiger partial charge in [-0.3, -0.25) is 10.0 Å². The summed E-state index contributed by atoms with van der Waals surface area (Å²) in [6.45, 7) is 9.25. The standard InChI is InChI=1S/C12H17NO2S/c1-5-12(3,4)11(14)13(15)8-10-9(2)6-7-16-10/h5-7,15H,1,8H2,2-4H3. The molecule has 0 aliphatic heterocycles. The summed E-state index contributed by atoms with van der Waals surface area (Å²) < 4.78 is 0. The maximum absolute atomic E-state index is 11.8. The lowest BCUT2D eigenvalue weighted by molar-refractivity contribution is -0.175. The van der Waals surface area contributed by atoms with Gasteiger partial charge in [0.15, 0.2) is 0 Å². The highest BCUT2D eigenvalue weighted by Crippen LogP contribution is 2.22. The van der Waals surface area contributed by atoms with Gasteiger partial charge in [0.1, 0.15) is 0 Å².